The Bertz CT molecular complexity index is 554. The molecule has 0 saturated carbocycles. The molecule has 23 heavy (non-hydrogen) atoms. The molecule has 1 aromatic carbocycles. The number of piperazine rings is 1. The Hall–Kier alpha value is -2.41. The lowest BCUT2D eigenvalue weighted by atomic mass is 10.2. The summed E-state index contributed by atoms with van der Waals surface area (Å²) in [5.41, 5.74) is 0.876. The van der Waals surface area contributed by atoms with Crippen molar-refractivity contribution in [3.8, 4) is 0 Å². The Labute approximate surface area is 135 Å². The molecule has 0 radical (unpaired) electrons. The first-order chi connectivity index (χ1) is 11.2. The fourth-order valence-electron chi connectivity index (χ4n) is 2.28. The van der Waals surface area contributed by atoms with Gasteiger partial charge in [0.15, 0.2) is 0 Å². The number of carbonyl (C=O) groups excluding carboxylic acids is 2. The minimum Gasteiger partial charge on any atom is -0.465 e. The van der Waals surface area contributed by atoms with Gasteiger partial charge >= 0.3 is 12.0 Å². The van der Waals surface area contributed by atoms with Gasteiger partial charge < -0.3 is 20.3 Å². The molecule has 0 unspecified atom stereocenters. The highest BCUT2D eigenvalue weighted by atomic mass is 16.5. The number of rotatable bonds is 4. The fraction of sp³-hybridized carbons (Fsp3) is 0.438. The summed E-state index contributed by atoms with van der Waals surface area (Å²) < 4.78 is 4.78. The Morgan fingerprint density at radius 1 is 1.26 bits per heavy atom. The number of hydrogen-bond acceptors (Lipinski definition) is 4. The number of hydrogen-bond donors (Lipinski definition) is 2. The van der Waals surface area contributed by atoms with E-state index in [1.807, 2.05) is 30.3 Å². The summed E-state index contributed by atoms with van der Waals surface area (Å²) in [7, 11) is 0. The zero-order valence-electron chi connectivity index (χ0n) is 13.2. The summed E-state index contributed by atoms with van der Waals surface area (Å²) in [5, 5.41) is 5.73. The van der Waals surface area contributed by atoms with Crippen LogP contribution < -0.4 is 10.6 Å². The summed E-state index contributed by atoms with van der Waals surface area (Å²) in [6.07, 6.45) is 0. The molecule has 7 heteroatoms. The maximum atomic E-state index is 12.0. The number of amidine groups is 1. The molecule has 0 spiro atoms. The third kappa shape index (κ3) is 5.37. The molecule has 1 fully saturated rings. The number of nitrogens with one attached hydrogen (secondary N) is 2. The van der Waals surface area contributed by atoms with Gasteiger partial charge in [0, 0.05) is 31.7 Å². The molecule has 0 bridgehead atoms. The van der Waals surface area contributed by atoms with Crippen molar-refractivity contribution in [2.24, 2.45) is 4.99 Å². The van der Waals surface area contributed by atoms with E-state index in [0.717, 1.165) is 31.7 Å². The van der Waals surface area contributed by atoms with Gasteiger partial charge in [-0.1, -0.05) is 30.3 Å². The number of carbonyl (C=O) groups is 2. The Morgan fingerprint density at radius 3 is 2.61 bits per heavy atom. The Morgan fingerprint density at radius 2 is 1.96 bits per heavy atom. The van der Waals surface area contributed by atoms with Crippen LogP contribution in [0.3, 0.4) is 0 Å². The van der Waals surface area contributed by atoms with Crippen LogP contribution in [-0.4, -0.2) is 62.1 Å². The number of ether oxygens (including phenoxy) is 1. The number of esters is 1. The van der Waals surface area contributed by atoms with Gasteiger partial charge in [0.2, 0.25) is 0 Å². The lowest BCUT2D eigenvalue weighted by Gasteiger charge is -2.30. The van der Waals surface area contributed by atoms with E-state index >= 15 is 0 Å². The number of amides is 2. The Kier molecular flexibility index (Phi) is 6.56. The second kappa shape index (κ2) is 8.89. The molecule has 1 heterocycles. The predicted molar refractivity (Wildman–Crippen MR) is 87.5 cm³/mol. The van der Waals surface area contributed by atoms with Crippen molar-refractivity contribution in [3.05, 3.63) is 35.9 Å². The average molecular weight is 318 g/mol. The molecular formula is C16H22N4O3. The standard InChI is InChI=1S/C16H22N4O3/c1-2-23-14(21)12-18-16(22)19-15(13-6-4-3-5-7-13)20-10-8-17-9-11-20/h3-7,17H,2,8-12H2,1H3,(H,18,22)/b19-15+. The van der Waals surface area contributed by atoms with Crippen LogP contribution >= 0.6 is 0 Å². The first-order valence-electron chi connectivity index (χ1n) is 7.74. The van der Waals surface area contributed by atoms with Crippen LogP contribution in [0.5, 0.6) is 0 Å². The van der Waals surface area contributed by atoms with Crippen molar-refractivity contribution < 1.29 is 14.3 Å². The molecule has 1 aliphatic rings. The van der Waals surface area contributed by atoms with Crippen molar-refractivity contribution in [1.29, 1.82) is 0 Å². The SMILES string of the molecule is CCOC(=O)CNC(=O)/N=C(\c1ccccc1)N1CCNCC1. The lowest BCUT2D eigenvalue weighted by Crippen LogP contribution is -2.47. The number of benzene rings is 1. The highest BCUT2D eigenvalue weighted by Gasteiger charge is 2.17. The van der Waals surface area contributed by atoms with E-state index in [-0.39, 0.29) is 13.2 Å². The highest BCUT2D eigenvalue weighted by molar-refractivity contribution is 6.05. The third-order valence-corrected chi connectivity index (χ3v) is 3.35. The summed E-state index contributed by atoms with van der Waals surface area (Å²) in [4.78, 5) is 29.6. The van der Waals surface area contributed by atoms with Crippen LogP contribution in [0.4, 0.5) is 4.79 Å². The van der Waals surface area contributed by atoms with Gasteiger partial charge in [-0.2, -0.15) is 4.99 Å². The smallest absolute Gasteiger partial charge is 0.343 e. The monoisotopic (exact) mass is 318 g/mol. The van der Waals surface area contributed by atoms with Gasteiger partial charge in [0.05, 0.1) is 6.61 Å². The van der Waals surface area contributed by atoms with Crippen molar-refractivity contribution in [3.63, 3.8) is 0 Å². The molecule has 1 aromatic rings. The van der Waals surface area contributed by atoms with Crippen LogP contribution in [0, 0.1) is 0 Å². The summed E-state index contributed by atoms with van der Waals surface area (Å²) in [6.45, 7) is 5.06. The molecule has 124 valence electrons. The number of urea groups is 1. The van der Waals surface area contributed by atoms with Gasteiger partial charge in [-0.05, 0) is 6.92 Å². The minimum absolute atomic E-state index is 0.181. The van der Waals surface area contributed by atoms with Crippen LogP contribution in [0.25, 0.3) is 0 Å². The summed E-state index contributed by atoms with van der Waals surface area (Å²) in [5.74, 6) is 0.146. The van der Waals surface area contributed by atoms with E-state index in [1.165, 1.54) is 0 Å². The molecule has 0 aromatic heterocycles. The fourth-order valence-corrected chi connectivity index (χ4v) is 2.28. The second-order valence-electron chi connectivity index (χ2n) is 5.00. The van der Waals surface area contributed by atoms with Gasteiger partial charge in [-0.25, -0.2) is 4.79 Å². The maximum absolute atomic E-state index is 12.0. The molecule has 2 rings (SSSR count). The lowest BCUT2D eigenvalue weighted by molar-refractivity contribution is -0.141. The van der Waals surface area contributed by atoms with Gasteiger partial charge in [-0.15, -0.1) is 0 Å². The van der Waals surface area contributed by atoms with E-state index in [0.29, 0.717) is 5.84 Å². The minimum atomic E-state index is -0.546. The quantitative estimate of drug-likeness (QED) is 0.483. The van der Waals surface area contributed by atoms with Crippen LogP contribution in [0.1, 0.15) is 12.5 Å². The van der Waals surface area contributed by atoms with Crippen LogP contribution in [-0.2, 0) is 9.53 Å². The highest BCUT2D eigenvalue weighted by Crippen LogP contribution is 2.07. The molecule has 1 aliphatic heterocycles. The molecule has 0 aliphatic carbocycles. The molecule has 7 nitrogen and oxygen atoms in total. The van der Waals surface area contributed by atoms with E-state index < -0.39 is 12.0 Å². The second-order valence-corrected chi connectivity index (χ2v) is 5.00. The summed E-state index contributed by atoms with van der Waals surface area (Å²) in [6, 6.07) is 9.02. The van der Waals surface area contributed by atoms with E-state index in [4.69, 9.17) is 4.74 Å². The van der Waals surface area contributed by atoms with E-state index in [1.54, 1.807) is 6.92 Å². The first kappa shape index (κ1) is 17.0. The number of aliphatic imine (C=N–C) groups is 1. The third-order valence-electron chi connectivity index (χ3n) is 3.35. The first-order valence-corrected chi connectivity index (χ1v) is 7.74. The molecule has 2 amide bonds. The maximum Gasteiger partial charge on any atom is 0.343 e. The molecular weight excluding hydrogens is 296 g/mol. The largest absolute Gasteiger partial charge is 0.465 e. The van der Waals surface area contributed by atoms with Crippen molar-refractivity contribution >= 4 is 17.8 Å². The zero-order chi connectivity index (χ0) is 16.5. The molecule has 0 atom stereocenters. The molecule has 2 N–H and O–H groups in total. The van der Waals surface area contributed by atoms with Gasteiger partial charge in [0.25, 0.3) is 0 Å². The summed E-state index contributed by atoms with van der Waals surface area (Å²) >= 11 is 0. The molecule has 1 saturated heterocycles. The van der Waals surface area contributed by atoms with E-state index in [9.17, 15) is 9.59 Å². The van der Waals surface area contributed by atoms with E-state index in [2.05, 4.69) is 20.5 Å². The number of nitrogens with zero attached hydrogens (tertiary/aromatic N) is 2. The van der Waals surface area contributed by atoms with Gasteiger partial charge in [0.1, 0.15) is 12.4 Å². The van der Waals surface area contributed by atoms with Crippen molar-refractivity contribution in [2.45, 2.75) is 6.92 Å². The predicted octanol–water partition coefficient (Wildman–Crippen LogP) is 0.611. The van der Waals surface area contributed by atoms with Crippen molar-refractivity contribution in [1.82, 2.24) is 15.5 Å². The zero-order valence-corrected chi connectivity index (χ0v) is 13.2. The van der Waals surface area contributed by atoms with Crippen LogP contribution in [0.2, 0.25) is 0 Å². The van der Waals surface area contributed by atoms with Crippen molar-refractivity contribution in [2.75, 3.05) is 39.3 Å². The normalized spacial score (nSPS) is 15.2. The van der Waals surface area contributed by atoms with Crippen LogP contribution in [0.15, 0.2) is 35.3 Å². The topological polar surface area (TPSA) is 83.0 Å². The Balaban J connectivity index is 2.09. The van der Waals surface area contributed by atoms with Gasteiger partial charge in [-0.3, -0.25) is 4.79 Å². The average Bonchev–Trinajstić information content (AvgIpc) is 2.60.